The summed E-state index contributed by atoms with van der Waals surface area (Å²) >= 11 is 1.81. The Bertz CT molecular complexity index is 1020. The molecule has 0 spiro atoms. The summed E-state index contributed by atoms with van der Waals surface area (Å²) in [5.41, 5.74) is 4.68. The Hall–Kier alpha value is -2.46. The second-order valence-electron chi connectivity index (χ2n) is 7.27. The van der Waals surface area contributed by atoms with Crippen LogP contribution in [0, 0.1) is 0 Å². The first kappa shape index (κ1) is 19.8. The number of thioether (sulfide) groups is 1. The van der Waals surface area contributed by atoms with Gasteiger partial charge in [-0.15, -0.1) is 11.8 Å². The topological polar surface area (TPSA) is 0 Å². The van der Waals surface area contributed by atoms with Gasteiger partial charge in [-0.05, 0) is 64.9 Å². The largest absolute Gasteiger partial charge is 0.416 e. The van der Waals surface area contributed by atoms with Crippen LogP contribution < -0.4 is 0 Å². The van der Waals surface area contributed by atoms with Gasteiger partial charge in [-0.1, -0.05) is 55.1 Å². The lowest BCUT2D eigenvalue weighted by molar-refractivity contribution is -0.137. The van der Waals surface area contributed by atoms with Crippen LogP contribution in [0.5, 0.6) is 0 Å². The third-order valence-corrected chi connectivity index (χ3v) is 6.51. The lowest BCUT2D eigenvalue weighted by atomic mass is 9.88. The zero-order valence-corrected chi connectivity index (χ0v) is 16.7. The van der Waals surface area contributed by atoms with Crippen molar-refractivity contribution in [1.29, 1.82) is 0 Å². The predicted molar refractivity (Wildman–Crippen MR) is 114 cm³/mol. The van der Waals surface area contributed by atoms with E-state index in [1.807, 2.05) is 30.0 Å². The standard InChI is InChI=1S/C25H21F3S/c1-2-18-14-20(25(26,27)28)9-12-22(18)24-11-8-19-15-21(10-13-23(19)24)29-16-17-6-4-3-5-7-17/h2-7,9-10,12-15,24H,1,8,11,16H2/t24-/m1/s1. The van der Waals surface area contributed by atoms with E-state index in [1.54, 1.807) is 6.07 Å². The highest BCUT2D eigenvalue weighted by Gasteiger charge is 2.32. The summed E-state index contributed by atoms with van der Waals surface area (Å²) in [5.74, 6) is 1.04. The molecular weight excluding hydrogens is 389 g/mol. The summed E-state index contributed by atoms with van der Waals surface area (Å²) in [5, 5.41) is 0. The molecule has 0 saturated heterocycles. The van der Waals surface area contributed by atoms with Gasteiger partial charge in [0.25, 0.3) is 0 Å². The first-order valence-electron chi connectivity index (χ1n) is 9.59. The van der Waals surface area contributed by atoms with Crippen LogP contribution in [0.2, 0.25) is 0 Å². The summed E-state index contributed by atoms with van der Waals surface area (Å²) in [7, 11) is 0. The van der Waals surface area contributed by atoms with Gasteiger partial charge in [0.15, 0.2) is 0 Å². The number of benzene rings is 3. The number of halogens is 3. The monoisotopic (exact) mass is 410 g/mol. The second kappa shape index (κ2) is 8.11. The molecular formula is C25H21F3S. The van der Waals surface area contributed by atoms with E-state index in [9.17, 15) is 13.2 Å². The number of aryl methyl sites for hydroxylation is 1. The van der Waals surface area contributed by atoms with Crippen molar-refractivity contribution in [2.24, 2.45) is 0 Å². The molecule has 3 aromatic carbocycles. The Morgan fingerprint density at radius 1 is 0.966 bits per heavy atom. The van der Waals surface area contributed by atoms with Gasteiger partial charge >= 0.3 is 6.18 Å². The van der Waals surface area contributed by atoms with Gasteiger partial charge < -0.3 is 0 Å². The molecule has 0 aromatic heterocycles. The Morgan fingerprint density at radius 3 is 2.45 bits per heavy atom. The van der Waals surface area contributed by atoms with Crippen molar-refractivity contribution < 1.29 is 13.2 Å². The average Bonchev–Trinajstić information content (AvgIpc) is 3.15. The Balaban J connectivity index is 1.57. The van der Waals surface area contributed by atoms with Gasteiger partial charge in [0.1, 0.15) is 0 Å². The van der Waals surface area contributed by atoms with Crippen molar-refractivity contribution in [3.05, 3.63) is 107 Å². The van der Waals surface area contributed by atoms with E-state index in [0.717, 1.165) is 24.2 Å². The lowest BCUT2D eigenvalue weighted by Gasteiger charge is -2.17. The molecule has 1 aliphatic carbocycles. The first-order valence-corrected chi connectivity index (χ1v) is 10.6. The fourth-order valence-electron chi connectivity index (χ4n) is 3.99. The van der Waals surface area contributed by atoms with Crippen molar-refractivity contribution in [2.75, 3.05) is 0 Å². The fraction of sp³-hybridized carbons (Fsp3) is 0.200. The highest BCUT2D eigenvalue weighted by atomic mass is 32.2. The van der Waals surface area contributed by atoms with E-state index in [2.05, 4.69) is 36.9 Å². The van der Waals surface area contributed by atoms with Crippen molar-refractivity contribution in [3.8, 4) is 0 Å². The minimum absolute atomic E-state index is 0.119. The highest BCUT2D eigenvalue weighted by molar-refractivity contribution is 7.98. The SMILES string of the molecule is C=Cc1cc(C(F)(F)F)ccc1[C@H]1CCc2cc(SCc3ccccc3)ccc21. The van der Waals surface area contributed by atoms with E-state index >= 15 is 0 Å². The molecule has 3 aromatic rings. The molecule has 1 atom stereocenters. The molecule has 0 saturated carbocycles. The quantitative estimate of drug-likeness (QED) is 0.388. The summed E-state index contributed by atoms with van der Waals surface area (Å²) in [6, 6.07) is 20.9. The van der Waals surface area contributed by atoms with Gasteiger partial charge in [-0.3, -0.25) is 0 Å². The number of fused-ring (bicyclic) bond motifs is 1. The fourth-order valence-corrected chi connectivity index (χ4v) is 4.91. The van der Waals surface area contributed by atoms with Gasteiger partial charge in [-0.2, -0.15) is 13.2 Å². The van der Waals surface area contributed by atoms with Crippen LogP contribution >= 0.6 is 11.8 Å². The van der Waals surface area contributed by atoms with Gasteiger partial charge in [-0.25, -0.2) is 0 Å². The van der Waals surface area contributed by atoms with Gasteiger partial charge in [0, 0.05) is 16.6 Å². The maximum atomic E-state index is 13.1. The van der Waals surface area contributed by atoms with Crippen molar-refractivity contribution in [1.82, 2.24) is 0 Å². The normalized spacial score (nSPS) is 15.9. The molecule has 0 heterocycles. The van der Waals surface area contributed by atoms with E-state index in [4.69, 9.17) is 0 Å². The molecule has 0 bridgehead atoms. The molecule has 148 valence electrons. The molecule has 4 heteroatoms. The van der Waals surface area contributed by atoms with Crippen molar-refractivity contribution in [2.45, 2.75) is 35.6 Å². The summed E-state index contributed by atoms with van der Waals surface area (Å²) in [6.07, 6.45) is -0.951. The zero-order chi connectivity index (χ0) is 20.4. The van der Waals surface area contributed by atoms with Gasteiger partial charge in [0.2, 0.25) is 0 Å². The van der Waals surface area contributed by atoms with Gasteiger partial charge in [0.05, 0.1) is 5.56 Å². The molecule has 0 unspecified atom stereocenters. The van der Waals surface area contributed by atoms with Crippen molar-refractivity contribution >= 4 is 17.8 Å². The average molecular weight is 411 g/mol. The highest BCUT2D eigenvalue weighted by Crippen LogP contribution is 2.42. The Kier molecular flexibility index (Phi) is 5.55. The Labute approximate surface area is 173 Å². The van der Waals surface area contributed by atoms with E-state index in [-0.39, 0.29) is 5.92 Å². The Morgan fingerprint density at radius 2 is 1.72 bits per heavy atom. The van der Waals surface area contributed by atoms with E-state index < -0.39 is 11.7 Å². The summed E-state index contributed by atoms with van der Waals surface area (Å²) in [4.78, 5) is 1.23. The minimum atomic E-state index is -4.34. The van der Waals surface area contributed by atoms with Crippen LogP contribution in [0.1, 0.15) is 45.7 Å². The third kappa shape index (κ3) is 4.27. The molecule has 29 heavy (non-hydrogen) atoms. The first-order chi connectivity index (χ1) is 14.0. The van der Waals surface area contributed by atoms with E-state index in [0.29, 0.717) is 5.56 Å². The summed E-state index contributed by atoms with van der Waals surface area (Å²) < 4.78 is 39.2. The van der Waals surface area contributed by atoms with E-state index in [1.165, 1.54) is 39.8 Å². The second-order valence-corrected chi connectivity index (χ2v) is 8.32. The molecule has 4 rings (SSSR count). The zero-order valence-electron chi connectivity index (χ0n) is 15.9. The molecule has 0 amide bonds. The molecule has 1 aliphatic rings. The third-order valence-electron chi connectivity index (χ3n) is 5.45. The van der Waals surface area contributed by atoms with Crippen molar-refractivity contribution in [3.63, 3.8) is 0 Å². The summed E-state index contributed by atoms with van der Waals surface area (Å²) in [6.45, 7) is 3.74. The van der Waals surface area contributed by atoms with Crippen LogP contribution in [-0.4, -0.2) is 0 Å². The van der Waals surface area contributed by atoms with Crippen LogP contribution in [0.15, 0.2) is 78.2 Å². The number of hydrogen-bond donors (Lipinski definition) is 0. The number of hydrogen-bond acceptors (Lipinski definition) is 1. The predicted octanol–water partition coefficient (Wildman–Crippen LogP) is 7.72. The van der Waals surface area contributed by atoms with Crippen LogP contribution in [0.4, 0.5) is 13.2 Å². The number of alkyl halides is 3. The molecule has 0 radical (unpaired) electrons. The lowest BCUT2D eigenvalue weighted by Crippen LogP contribution is -2.07. The minimum Gasteiger partial charge on any atom is -0.166 e. The maximum absolute atomic E-state index is 13.1. The number of rotatable bonds is 5. The van der Waals surface area contributed by atoms with Crippen LogP contribution in [0.3, 0.4) is 0 Å². The molecule has 0 N–H and O–H groups in total. The van der Waals surface area contributed by atoms with Crippen LogP contribution in [-0.2, 0) is 18.3 Å². The molecule has 0 nitrogen and oxygen atoms in total. The van der Waals surface area contributed by atoms with Crippen LogP contribution in [0.25, 0.3) is 6.08 Å². The maximum Gasteiger partial charge on any atom is 0.416 e. The smallest absolute Gasteiger partial charge is 0.166 e. The molecule has 0 aliphatic heterocycles. The molecule has 0 fully saturated rings.